The lowest BCUT2D eigenvalue weighted by Gasteiger charge is -2.42. The molecule has 0 N–H and O–H groups in total. The monoisotopic (exact) mass is 543 g/mol. The molecule has 36 heavy (non-hydrogen) atoms. The van der Waals surface area contributed by atoms with Gasteiger partial charge in [0, 0.05) is 12.6 Å². The summed E-state index contributed by atoms with van der Waals surface area (Å²) < 4.78 is 28.3. The van der Waals surface area contributed by atoms with Gasteiger partial charge in [-0.25, -0.2) is 8.42 Å². The minimum absolute atomic E-state index is 0.119. The molecular formula is C30H43NO2P2S. The highest BCUT2D eigenvalue weighted by Gasteiger charge is 2.45. The van der Waals surface area contributed by atoms with Crippen molar-refractivity contribution in [2.24, 2.45) is 0 Å². The largest absolute Gasteiger partial charge is 0.212 e. The van der Waals surface area contributed by atoms with E-state index < -0.39 is 17.9 Å². The minimum atomic E-state index is -3.24. The summed E-state index contributed by atoms with van der Waals surface area (Å²) in [5, 5.41) is 2.72. The highest BCUT2D eigenvalue weighted by atomic mass is 32.2. The van der Waals surface area contributed by atoms with Crippen molar-refractivity contribution < 1.29 is 8.42 Å². The fourth-order valence-electron chi connectivity index (χ4n) is 7.09. The van der Waals surface area contributed by atoms with E-state index in [0.717, 1.165) is 30.4 Å². The van der Waals surface area contributed by atoms with Crippen LogP contribution in [0.2, 0.25) is 0 Å². The van der Waals surface area contributed by atoms with Crippen LogP contribution in [0.25, 0.3) is 0 Å². The first-order valence-corrected chi connectivity index (χ1v) is 19.0. The summed E-state index contributed by atoms with van der Waals surface area (Å²) in [5.41, 5.74) is 2.31. The molecule has 2 aromatic carbocycles. The zero-order valence-electron chi connectivity index (χ0n) is 21.8. The van der Waals surface area contributed by atoms with Crippen molar-refractivity contribution in [3.63, 3.8) is 0 Å². The van der Waals surface area contributed by atoms with Gasteiger partial charge in [0.25, 0.3) is 0 Å². The Balaban J connectivity index is 1.44. The first-order valence-electron chi connectivity index (χ1n) is 14.1. The molecule has 2 saturated carbocycles. The maximum Gasteiger partial charge on any atom is 0.211 e. The normalized spacial score (nSPS) is 25.1. The van der Waals surface area contributed by atoms with E-state index in [1.807, 2.05) is 4.31 Å². The first kappa shape index (κ1) is 26.8. The van der Waals surface area contributed by atoms with Crippen molar-refractivity contribution in [2.45, 2.75) is 93.6 Å². The average molecular weight is 544 g/mol. The van der Waals surface area contributed by atoms with E-state index in [1.165, 1.54) is 81.1 Å². The van der Waals surface area contributed by atoms with Crippen molar-refractivity contribution in [3.05, 3.63) is 60.7 Å². The molecule has 0 aromatic heterocycles. The van der Waals surface area contributed by atoms with Gasteiger partial charge in [-0.2, -0.15) is 4.31 Å². The molecule has 3 fully saturated rings. The van der Waals surface area contributed by atoms with Gasteiger partial charge in [-0.15, -0.1) is 0 Å². The summed E-state index contributed by atoms with van der Waals surface area (Å²) in [7, 11) is -3.97. The lowest BCUT2D eigenvalue weighted by Crippen LogP contribution is -2.38. The SMILES string of the molecule is CS(=O)(=O)N1C[C@@H](P(C2CCCCC2)C2CCCCC2)C[C@H]1CP(c1ccccc1)c1ccccc1. The van der Waals surface area contributed by atoms with Crippen LogP contribution in [0, 0.1) is 0 Å². The molecule has 0 amide bonds. The van der Waals surface area contributed by atoms with Crippen LogP contribution >= 0.6 is 15.8 Å². The Bertz CT molecular complexity index is 995. The van der Waals surface area contributed by atoms with Gasteiger partial charge in [-0.05, 0) is 73.8 Å². The average Bonchev–Trinajstić information content (AvgIpc) is 3.34. The van der Waals surface area contributed by atoms with E-state index in [1.54, 1.807) is 0 Å². The Kier molecular flexibility index (Phi) is 9.22. The molecule has 0 radical (unpaired) electrons. The highest BCUT2D eigenvalue weighted by Crippen LogP contribution is 2.61. The molecule has 6 heteroatoms. The van der Waals surface area contributed by atoms with Crippen molar-refractivity contribution in [1.29, 1.82) is 0 Å². The van der Waals surface area contributed by atoms with E-state index in [9.17, 15) is 8.42 Å². The van der Waals surface area contributed by atoms with Gasteiger partial charge in [0.2, 0.25) is 10.0 Å². The van der Waals surface area contributed by atoms with Gasteiger partial charge in [0.1, 0.15) is 0 Å². The molecule has 3 nitrogen and oxygen atoms in total. The third-order valence-electron chi connectivity index (χ3n) is 8.71. The quantitative estimate of drug-likeness (QED) is 0.349. The number of sulfonamides is 1. The number of hydrogen-bond donors (Lipinski definition) is 0. The standard InChI is InChI=1S/C30H43NO2P2S/c1-36(32,33)31-23-30(35(28-18-10-4-11-19-28)29-20-12-5-13-21-29)22-25(31)24-34(26-14-6-2-7-15-26)27-16-8-3-9-17-27/h2-3,6-9,14-17,25,28-30H,4-5,10-13,18-24H2,1H3/t25-,30-/m0/s1. The summed E-state index contributed by atoms with van der Waals surface area (Å²) in [6.07, 6.45) is 17.4. The van der Waals surface area contributed by atoms with E-state index in [2.05, 4.69) is 60.7 Å². The molecule has 3 aliphatic rings. The molecule has 1 heterocycles. The fraction of sp³-hybridized carbons (Fsp3) is 0.600. The molecule has 196 valence electrons. The summed E-state index contributed by atoms with van der Waals surface area (Å²) in [4.78, 5) is 0. The van der Waals surface area contributed by atoms with Gasteiger partial charge < -0.3 is 0 Å². The summed E-state index contributed by atoms with van der Waals surface area (Å²) in [5.74, 6) is 0. The number of nitrogens with zero attached hydrogens (tertiary/aromatic N) is 1. The minimum Gasteiger partial charge on any atom is -0.212 e. The molecule has 0 unspecified atom stereocenters. The maximum atomic E-state index is 13.2. The lowest BCUT2D eigenvalue weighted by molar-refractivity contribution is 0.415. The third-order valence-corrected chi connectivity index (χ3v) is 16.6. The van der Waals surface area contributed by atoms with E-state index in [0.29, 0.717) is 5.66 Å². The second-order valence-electron chi connectivity index (χ2n) is 11.2. The van der Waals surface area contributed by atoms with Crippen molar-refractivity contribution >= 4 is 36.5 Å². The molecule has 2 aromatic rings. The zero-order valence-corrected chi connectivity index (χ0v) is 24.4. The molecular weight excluding hydrogens is 500 g/mol. The van der Waals surface area contributed by atoms with Crippen LogP contribution in [0.4, 0.5) is 0 Å². The zero-order chi connectivity index (χ0) is 25.0. The van der Waals surface area contributed by atoms with Gasteiger partial charge in [-0.3, -0.25) is 0 Å². The number of benzene rings is 2. The van der Waals surface area contributed by atoms with Gasteiger partial charge in [0.05, 0.1) is 6.26 Å². The van der Waals surface area contributed by atoms with Gasteiger partial charge >= 0.3 is 0 Å². The van der Waals surface area contributed by atoms with E-state index in [-0.39, 0.29) is 14.0 Å². The van der Waals surface area contributed by atoms with Gasteiger partial charge in [0.15, 0.2) is 0 Å². The van der Waals surface area contributed by atoms with Crippen LogP contribution in [0.15, 0.2) is 60.7 Å². The summed E-state index contributed by atoms with van der Waals surface area (Å²) in [6.45, 7) is 0.773. The topological polar surface area (TPSA) is 37.4 Å². The van der Waals surface area contributed by atoms with Crippen LogP contribution in [-0.4, -0.2) is 54.7 Å². The van der Waals surface area contributed by atoms with E-state index in [4.69, 9.17) is 0 Å². The number of hydrogen-bond acceptors (Lipinski definition) is 2. The Hall–Kier alpha value is -0.790. The second kappa shape index (κ2) is 12.4. The van der Waals surface area contributed by atoms with Crippen molar-refractivity contribution in [1.82, 2.24) is 4.31 Å². The maximum absolute atomic E-state index is 13.2. The summed E-state index contributed by atoms with van der Waals surface area (Å²) >= 11 is 0. The smallest absolute Gasteiger partial charge is 0.211 e. The van der Waals surface area contributed by atoms with Crippen LogP contribution < -0.4 is 10.6 Å². The van der Waals surface area contributed by atoms with Crippen molar-refractivity contribution in [3.8, 4) is 0 Å². The lowest BCUT2D eigenvalue weighted by atomic mass is 9.99. The Labute approximate surface area is 222 Å². The molecule has 2 aliphatic carbocycles. The Morgan fingerprint density at radius 2 is 1.19 bits per heavy atom. The Morgan fingerprint density at radius 1 is 0.722 bits per heavy atom. The molecule has 0 spiro atoms. The predicted octanol–water partition coefficient (Wildman–Crippen LogP) is 6.67. The first-order chi connectivity index (χ1) is 17.5. The van der Waals surface area contributed by atoms with E-state index >= 15 is 0 Å². The highest BCUT2D eigenvalue weighted by molar-refractivity contribution is 7.88. The predicted molar refractivity (Wildman–Crippen MR) is 158 cm³/mol. The molecule has 2 atom stereocenters. The molecule has 1 aliphatic heterocycles. The molecule has 5 rings (SSSR count). The second-order valence-corrected chi connectivity index (χ2v) is 18.5. The van der Waals surface area contributed by atoms with Crippen LogP contribution in [0.5, 0.6) is 0 Å². The number of rotatable bonds is 8. The molecule has 1 saturated heterocycles. The van der Waals surface area contributed by atoms with Crippen LogP contribution in [0.3, 0.4) is 0 Å². The molecule has 0 bridgehead atoms. The van der Waals surface area contributed by atoms with Crippen LogP contribution in [0.1, 0.15) is 70.6 Å². The van der Waals surface area contributed by atoms with Crippen molar-refractivity contribution in [2.75, 3.05) is 19.0 Å². The summed E-state index contributed by atoms with van der Waals surface area (Å²) in [6, 6.07) is 21.8. The van der Waals surface area contributed by atoms with Crippen LogP contribution in [-0.2, 0) is 10.0 Å². The fourth-order valence-corrected chi connectivity index (χ4v) is 15.6. The van der Waals surface area contributed by atoms with Gasteiger partial charge in [-0.1, -0.05) is 107 Å². The third kappa shape index (κ3) is 6.43. The Morgan fingerprint density at radius 3 is 1.64 bits per heavy atom.